The number of carbonyl (C=O) groups is 1. The highest BCUT2D eigenvalue weighted by Crippen LogP contribution is 2.39. The van der Waals surface area contributed by atoms with Crippen molar-refractivity contribution in [2.75, 3.05) is 13.2 Å². The molecule has 0 unspecified atom stereocenters. The van der Waals surface area contributed by atoms with E-state index in [2.05, 4.69) is 15.4 Å². The fraction of sp³-hybridized carbons (Fsp3) is 0.556. The van der Waals surface area contributed by atoms with E-state index in [9.17, 15) is 14.4 Å². The van der Waals surface area contributed by atoms with Gasteiger partial charge in [0.25, 0.3) is 11.5 Å². The molecule has 0 spiro atoms. The Labute approximate surface area is 165 Å². The fourth-order valence-corrected chi connectivity index (χ4v) is 3.80. The van der Waals surface area contributed by atoms with E-state index >= 15 is 0 Å². The third kappa shape index (κ3) is 3.76. The molecule has 2 aliphatic heterocycles. The van der Waals surface area contributed by atoms with Gasteiger partial charge in [-0.2, -0.15) is 5.10 Å². The lowest BCUT2D eigenvalue weighted by molar-refractivity contribution is -0.153. The molecule has 0 aliphatic carbocycles. The molecule has 2 saturated heterocycles. The number of nitrogens with zero attached hydrogens (tertiary/aromatic N) is 3. The van der Waals surface area contributed by atoms with Crippen molar-refractivity contribution >= 4 is 5.91 Å². The van der Waals surface area contributed by atoms with Gasteiger partial charge < -0.3 is 19.5 Å². The number of nitrogens with one attached hydrogen (secondary N) is 2. The summed E-state index contributed by atoms with van der Waals surface area (Å²) in [5.41, 5.74) is -0.584. The Morgan fingerprint density at radius 3 is 2.76 bits per heavy atom. The van der Waals surface area contributed by atoms with Crippen molar-refractivity contribution in [1.82, 2.24) is 24.6 Å². The largest absolute Gasteiger partial charge is 0.371 e. The maximum Gasteiger partial charge on any atom is 0.328 e. The average molecular weight is 405 g/mol. The number of fused-ring (bicyclic) bond motifs is 1. The number of carbonyl (C=O) groups excluding carboxylic acids is 1. The number of ether oxygens (including phenoxy) is 3. The van der Waals surface area contributed by atoms with Crippen LogP contribution in [0.2, 0.25) is 0 Å². The topological polar surface area (TPSA) is 129 Å². The molecule has 11 nitrogen and oxygen atoms in total. The number of aromatic amines is 1. The van der Waals surface area contributed by atoms with E-state index in [-0.39, 0.29) is 19.1 Å². The maximum absolute atomic E-state index is 12.4. The molecule has 4 atom stereocenters. The minimum atomic E-state index is -0.878. The lowest BCUT2D eigenvalue weighted by Crippen LogP contribution is -2.54. The predicted molar refractivity (Wildman–Crippen MR) is 99.5 cm³/mol. The Kier molecular flexibility index (Phi) is 4.89. The van der Waals surface area contributed by atoms with Crippen LogP contribution < -0.4 is 16.6 Å². The van der Waals surface area contributed by atoms with Crippen molar-refractivity contribution in [1.29, 1.82) is 0 Å². The number of aryl methyl sites for hydroxylation is 1. The fourth-order valence-electron chi connectivity index (χ4n) is 3.80. The molecule has 0 radical (unpaired) electrons. The first-order valence-electron chi connectivity index (χ1n) is 9.30. The standard InChI is InChI=1S/C18H23N5O6/c1-18(2)28-14-11(23-7-5-13(24)21-17(23)26)9-27-12(15(14)29-18)8-19-16(25)10-4-6-20-22(10)3/h4-7,11-12,14-15H,8-9H2,1-3H3,(H,19,25)(H,21,24,26)/t11-,12-,14+,15-/m1/s1. The highest BCUT2D eigenvalue weighted by Gasteiger charge is 2.52. The smallest absolute Gasteiger partial charge is 0.328 e. The van der Waals surface area contributed by atoms with Crippen LogP contribution in [0.4, 0.5) is 0 Å². The summed E-state index contributed by atoms with van der Waals surface area (Å²) in [5, 5.41) is 6.82. The molecule has 0 bridgehead atoms. The van der Waals surface area contributed by atoms with E-state index in [4.69, 9.17) is 14.2 Å². The van der Waals surface area contributed by atoms with E-state index in [1.165, 1.54) is 21.5 Å². The van der Waals surface area contributed by atoms with Crippen LogP contribution in [-0.4, -0.2) is 62.5 Å². The zero-order valence-electron chi connectivity index (χ0n) is 16.3. The predicted octanol–water partition coefficient (Wildman–Crippen LogP) is -0.840. The molecule has 0 aromatic carbocycles. The number of aromatic nitrogens is 4. The first-order valence-corrected chi connectivity index (χ1v) is 9.30. The van der Waals surface area contributed by atoms with Crippen LogP contribution in [0.1, 0.15) is 30.4 Å². The second-order valence-corrected chi connectivity index (χ2v) is 7.57. The van der Waals surface area contributed by atoms with Gasteiger partial charge in [-0.05, 0) is 19.9 Å². The van der Waals surface area contributed by atoms with Gasteiger partial charge in [-0.15, -0.1) is 0 Å². The molecule has 0 saturated carbocycles. The molecule has 4 heterocycles. The van der Waals surface area contributed by atoms with Gasteiger partial charge in [0.05, 0.1) is 12.6 Å². The number of rotatable bonds is 4. The van der Waals surface area contributed by atoms with Crippen molar-refractivity contribution < 1.29 is 19.0 Å². The lowest BCUT2D eigenvalue weighted by Gasteiger charge is -2.37. The Morgan fingerprint density at radius 1 is 1.31 bits per heavy atom. The third-order valence-corrected chi connectivity index (χ3v) is 5.12. The molecule has 156 valence electrons. The SMILES string of the molecule is Cn1nccc1C(=O)NC[C@H]1OC[C@@H](n2ccc(=O)[nH]c2=O)[C@@H]2OC(C)(C)O[C@@H]21. The molecule has 2 aromatic rings. The molecule has 29 heavy (non-hydrogen) atoms. The monoisotopic (exact) mass is 405 g/mol. The number of amides is 1. The summed E-state index contributed by atoms with van der Waals surface area (Å²) in [5.74, 6) is -1.15. The molecule has 2 aromatic heterocycles. The molecular weight excluding hydrogens is 382 g/mol. The Hall–Kier alpha value is -2.76. The number of hydrogen-bond acceptors (Lipinski definition) is 7. The van der Waals surface area contributed by atoms with Crippen LogP contribution in [-0.2, 0) is 21.3 Å². The summed E-state index contributed by atoms with van der Waals surface area (Å²) < 4.78 is 20.9. The Balaban J connectivity index is 1.52. The van der Waals surface area contributed by atoms with Crippen LogP contribution in [0, 0.1) is 0 Å². The van der Waals surface area contributed by atoms with Gasteiger partial charge in [-0.25, -0.2) is 4.79 Å². The molecule has 2 aliphatic rings. The van der Waals surface area contributed by atoms with Gasteiger partial charge in [0, 0.05) is 32.1 Å². The van der Waals surface area contributed by atoms with Gasteiger partial charge >= 0.3 is 5.69 Å². The molecule has 1 amide bonds. The average Bonchev–Trinajstić information content (AvgIpc) is 3.22. The summed E-state index contributed by atoms with van der Waals surface area (Å²) in [6.07, 6.45) is 1.51. The van der Waals surface area contributed by atoms with Crippen molar-refractivity contribution in [3.63, 3.8) is 0 Å². The van der Waals surface area contributed by atoms with Crippen molar-refractivity contribution in [3.8, 4) is 0 Å². The van der Waals surface area contributed by atoms with Gasteiger partial charge in [0.15, 0.2) is 5.79 Å². The summed E-state index contributed by atoms with van der Waals surface area (Å²) in [6, 6.07) is 2.42. The first-order chi connectivity index (χ1) is 13.7. The Bertz CT molecular complexity index is 1020. The highest BCUT2D eigenvalue weighted by atomic mass is 16.8. The molecule has 11 heteroatoms. The summed E-state index contributed by atoms with van der Waals surface area (Å²) in [4.78, 5) is 38.2. The molecule has 2 fully saturated rings. The zero-order chi connectivity index (χ0) is 20.8. The van der Waals surface area contributed by atoms with E-state index in [0.717, 1.165) is 0 Å². The van der Waals surface area contributed by atoms with Crippen molar-refractivity contribution in [3.05, 3.63) is 51.1 Å². The van der Waals surface area contributed by atoms with Crippen LogP contribution in [0.15, 0.2) is 34.1 Å². The highest BCUT2D eigenvalue weighted by molar-refractivity contribution is 5.92. The van der Waals surface area contributed by atoms with Crippen LogP contribution in [0.25, 0.3) is 0 Å². The van der Waals surface area contributed by atoms with E-state index in [0.29, 0.717) is 5.69 Å². The van der Waals surface area contributed by atoms with Gasteiger partial charge in [0.1, 0.15) is 24.0 Å². The van der Waals surface area contributed by atoms with Gasteiger partial charge in [-0.1, -0.05) is 0 Å². The number of H-pyrrole nitrogens is 1. The second-order valence-electron chi connectivity index (χ2n) is 7.57. The summed E-state index contributed by atoms with van der Waals surface area (Å²) in [6.45, 7) is 3.93. The Morgan fingerprint density at radius 2 is 2.07 bits per heavy atom. The van der Waals surface area contributed by atoms with Crippen molar-refractivity contribution in [2.45, 2.75) is 44.0 Å². The maximum atomic E-state index is 12.4. The summed E-state index contributed by atoms with van der Waals surface area (Å²) in [7, 11) is 1.69. The quantitative estimate of drug-likeness (QED) is 0.678. The zero-order valence-corrected chi connectivity index (χ0v) is 16.3. The minimum Gasteiger partial charge on any atom is -0.371 e. The molecular formula is C18H23N5O6. The first kappa shape index (κ1) is 19.6. The van der Waals surface area contributed by atoms with E-state index in [1.807, 2.05) is 0 Å². The number of hydrogen-bond donors (Lipinski definition) is 2. The lowest BCUT2D eigenvalue weighted by atomic mass is 9.97. The van der Waals surface area contributed by atoms with Crippen LogP contribution >= 0.6 is 0 Å². The third-order valence-electron chi connectivity index (χ3n) is 5.12. The van der Waals surface area contributed by atoms with Gasteiger partial charge in [0.2, 0.25) is 0 Å². The minimum absolute atomic E-state index is 0.165. The van der Waals surface area contributed by atoms with Crippen molar-refractivity contribution in [2.24, 2.45) is 7.05 Å². The van der Waals surface area contributed by atoms with E-state index < -0.39 is 41.4 Å². The molecule has 4 rings (SSSR count). The summed E-state index contributed by atoms with van der Waals surface area (Å²) >= 11 is 0. The van der Waals surface area contributed by atoms with Gasteiger partial charge in [-0.3, -0.25) is 23.8 Å². The van der Waals surface area contributed by atoms with Crippen LogP contribution in [0.5, 0.6) is 0 Å². The molecule has 2 N–H and O–H groups in total. The second kappa shape index (κ2) is 7.25. The normalized spacial score (nSPS) is 28.1. The van der Waals surface area contributed by atoms with E-state index in [1.54, 1.807) is 33.2 Å². The van der Waals surface area contributed by atoms with Crippen LogP contribution in [0.3, 0.4) is 0 Å².